The molecule has 0 saturated carbocycles. The maximum atomic E-state index is 13.1. The summed E-state index contributed by atoms with van der Waals surface area (Å²) in [4.78, 5) is 11.4. The minimum Gasteiger partial charge on any atom is -0.477 e. The molecule has 0 fully saturated rings. The van der Waals surface area contributed by atoms with Crippen molar-refractivity contribution in [3.8, 4) is 11.1 Å². The molecule has 6 heteroatoms. The highest BCUT2D eigenvalue weighted by molar-refractivity contribution is 5.95. The van der Waals surface area contributed by atoms with E-state index in [4.69, 9.17) is 0 Å². The van der Waals surface area contributed by atoms with E-state index in [1.165, 1.54) is 35.0 Å². The molecule has 0 aliphatic heterocycles. The average Bonchev–Trinajstić information content (AvgIpc) is 2.82. The second kappa shape index (κ2) is 5.27. The number of carboxylic acid groups (broad SMARTS) is 1. The van der Waals surface area contributed by atoms with Crippen LogP contribution in [0.15, 0.2) is 36.5 Å². The van der Waals surface area contributed by atoms with Crippen LogP contribution in [0, 0.1) is 0 Å². The van der Waals surface area contributed by atoms with E-state index in [2.05, 4.69) is 0 Å². The standard InChI is InChI=1S/C15H14F3NO2/c1-9(2)19-8-7-11(13(19)14(20)21)10-5-3-4-6-12(10)15(16,17)18/h3-9H,1-2H3,(H,20,21). The highest BCUT2D eigenvalue weighted by atomic mass is 19.4. The Hall–Kier alpha value is -2.24. The first-order chi connectivity index (χ1) is 9.73. The van der Waals surface area contributed by atoms with Crippen molar-refractivity contribution in [3.63, 3.8) is 0 Å². The Balaban J connectivity index is 2.72. The van der Waals surface area contributed by atoms with Gasteiger partial charge >= 0.3 is 12.1 Å². The summed E-state index contributed by atoms with van der Waals surface area (Å²) in [7, 11) is 0. The van der Waals surface area contributed by atoms with Crippen molar-refractivity contribution in [1.29, 1.82) is 0 Å². The Morgan fingerprint density at radius 1 is 1.14 bits per heavy atom. The first-order valence-corrected chi connectivity index (χ1v) is 6.34. The van der Waals surface area contributed by atoms with Crippen LogP contribution in [0.3, 0.4) is 0 Å². The minimum absolute atomic E-state index is 0.0733. The van der Waals surface area contributed by atoms with Crippen molar-refractivity contribution in [2.75, 3.05) is 0 Å². The van der Waals surface area contributed by atoms with Gasteiger partial charge in [0.25, 0.3) is 0 Å². The molecule has 0 aliphatic carbocycles. The van der Waals surface area contributed by atoms with Crippen LogP contribution >= 0.6 is 0 Å². The Morgan fingerprint density at radius 2 is 1.76 bits per heavy atom. The van der Waals surface area contributed by atoms with Gasteiger partial charge in [-0.15, -0.1) is 0 Å². The third-order valence-corrected chi connectivity index (χ3v) is 3.20. The SMILES string of the molecule is CC(C)n1ccc(-c2ccccc2C(F)(F)F)c1C(=O)O. The summed E-state index contributed by atoms with van der Waals surface area (Å²) < 4.78 is 40.7. The molecule has 0 radical (unpaired) electrons. The van der Waals surface area contributed by atoms with Gasteiger partial charge in [0.2, 0.25) is 0 Å². The number of rotatable bonds is 3. The van der Waals surface area contributed by atoms with Crippen LogP contribution in [0.1, 0.15) is 35.9 Å². The van der Waals surface area contributed by atoms with Crippen LogP contribution in [-0.4, -0.2) is 15.6 Å². The molecule has 2 rings (SSSR count). The van der Waals surface area contributed by atoms with Crippen LogP contribution < -0.4 is 0 Å². The third-order valence-electron chi connectivity index (χ3n) is 3.20. The molecule has 0 spiro atoms. The Kier molecular flexibility index (Phi) is 3.80. The van der Waals surface area contributed by atoms with Crippen LogP contribution in [-0.2, 0) is 6.18 Å². The number of halogens is 3. The Bertz CT molecular complexity index is 672. The second-order valence-corrected chi connectivity index (χ2v) is 4.93. The molecule has 0 saturated heterocycles. The molecule has 0 atom stereocenters. The minimum atomic E-state index is -4.54. The summed E-state index contributed by atoms with van der Waals surface area (Å²) in [5, 5.41) is 9.34. The fourth-order valence-corrected chi connectivity index (χ4v) is 2.29. The Morgan fingerprint density at radius 3 is 2.29 bits per heavy atom. The highest BCUT2D eigenvalue weighted by Crippen LogP contribution is 2.38. The number of alkyl halides is 3. The van der Waals surface area contributed by atoms with E-state index < -0.39 is 17.7 Å². The molecule has 0 unspecified atom stereocenters. The van der Waals surface area contributed by atoms with E-state index in [0.717, 1.165) is 6.07 Å². The number of nitrogens with zero attached hydrogens (tertiary/aromatic N) is 1. The second-order valence-electron chi connectivity index (χ2n) is 4.93. The van der Waals surface area contributed by atoms with Crippen molar-refractivity contribution in [2.24, 2.45) is 0 Å². The van der Waals surface area contributed by atoms with Gasteiger partial charge in [-0.05, 0) is 31.5 Å². The molecular weight excluding hydrogens is 283 g/mol. The van der Waals surface area contributed by atoms with Gasteiger partial charge in [-0.1, -0.05) is 18.2 Å². The molecule has 3 nitrogen and oxygen atoms in total. The van der Waals surface area contributed by atoms with Crippen LogP contribution in [0.25, 0.3) is 11.1 Å². The fraction of sp³-hybridized carbons (Fsp3) is 0.267. The first kappa shape index (κ1) is 15.2. The number of aromatic carboxylic acids is 1. The van der Waals surface area contributed by atoms with Crippen molar-refractivity contribution >= 4 is 5.97 Å². The van der Waals surface area contributed by atoms with Gasteiger partial charge in [0.05, 0.1) is 5.56 Å². The molecule has 0 aliphatic rings. The summed E-state index contributed by atoms with van der Waals surface area (Å²) in [6, 6.07) is 6.23. The molecule has 0 amide bonds. The van der Waals surface area contributed by atoms with Crippen LogP contribution in [0.2, 0.25) is 0 Å². The summed E-state index contributed by atoms with van der Waals surface area (Å²) >= 11 is 0. The highest BCUT2D eigenvalue weighted by Gasteiger charge is 2.34. The lowest BCUT2D eigenvalue weighted by molar-refractivity contribution is -0.137. The number of hydrogen-bond donors (Lipinski definition) is 1. The Labute approximate surface area is 119 Å². The smallest absolute Gasteiger partial charge is 0.417 e. The van der Waals surface area contributed by atoms with Crippen molar-refractivity contribution in [2.45, 2.75) is 26.1 Å². The molecule has 1 N–H and O–H groups in total. The van der Waals surface area contributed by atoms with E-state index in [0.29, 0.717) is 0 Å². The van der Waals surface area contributed by atoms with Gasteiger partial charge in [0.15, 0.2) is 0 Å². The van der Waals surface area contributed by atoms with Gasteiger partial charge in [0.1, 0.15) is 5.69 Å². The zero-order valence-corrected chi connectivity index (χ0v) is 11.5. The quantitative estimate of drug-likeness (QED) is 0.909. The molecular formula is C15H14F3NO2. The van der Waals surface area contributed by atoms with Gasteiger partial charge < -0.3 is 9.67 Å². The maximum absolute atomic E-state index is 13.1. The summed E-state index contributed by atoms with van der Waals surface area (Å²) in [5.41, 5.74) is -1.03. The van der Waals surface area contributed by atoms with E-state index in [-0.39, 0.29) is 22.9 Å². The number of hydrogen-bond acceptors (Lipinski definition) is 1. The molecule has 1 aromatic carbocycles. The summed E-state index contributed by atoms with van der Waals surface area (Å²) in [5.74, 6) is -1.25. The van der Waals surface area contributed by atoms with E-state index in [9.17, 15) is 23.1 Å². The first-order valence-electron chi connectivity index (χ1n) is 6.34. The lowest BCUT2D eigenvalue weighted by Crippen LogP contribution is -2.12. The molecule has 2 aromatic rings. The molecule has 1 heterocycles. The van der Waals surface area contributed by atoms with Gasteiger partial charge in [-0.3, -0.25) is 0 Å². The largest absolute Gasteiger partial charge is 0.477 e. The number of carbonyl (C=O) groups is 1. The lowest BCUT2D eigenvalue weighted by atomic mass is 9.99. The van der Waals surface area contributed by atoms with Crippen molar-refractivity contribution in [3.05, 3.63) is 47.8 Å². The molecule has 0 bridgehead atoms. The number of aromatic nitrogens is 1. The van der Waals surface area contributed by atoms with E-state index in [1.807, 2.05) is 0 Å². The summed E-state index contributed by atoms with van der Waals surface area (Å²) in [6.07, 6.45) is -3.04. The normalized spacial score (nSPS) is 11.9. The molecule has 1 aromatic heterocycles. The zero-order valence-electron chi connectivity index (χ0n) is 11.5. The van der Waals surface area contributed by atoms with E-state index in [1.54, 1.807) is 13.8 Å². The third kappa shape index (κ3) is 2.79. The topological polar surface area (TPSA) is 42.2 Å². The average molecular weight is 297 g/mol. The molecule has 21 heavy (non-hydrogen) atoms. The van der Waals surface area contributed by atoms with Crippen molar-refractivity contribution < 1.29 is 23.1 Å². The van der Waals surface area contributed by atoms with Crippen LogP contribution in [0.5, 0.6) is 0 Å². The monoisotopic (exact) mass is 297 g/mol. The molecule has 112 valence electrons. The van der Waals surface area contributed by atoms with E-state index >= 15 is 0 Å². The zero-order chi connectivity index (χ0) is 15.8. The fourth-order valence-electron chi connectivity index (χ4n) is 2.29. The summed E-state index contributed by atoms with van der Waals surface area (Å²) in [6.45, 7) is 3.54. The van der Waals surface area contributed by atoms with Gasteiger partial charge in [0, 0.05) is 17.8 Å². The number of carboxylic acids is 1. The predicted molar refractivity (Wildman–Crippen MR) is 72.2 cm³/mol. The van der Waals surface area contributed by atoms with Crippen molar-refractivity contribution in [1.82, 2.24) is 4.57 Å². The van der Waals surface area contributed by atoms with Gasteiger partial charge in [-0.2, -0.15) is 13.2 Å². The lowest BCUT2D eigenvalue weighted by Gasteiger charge is -2.14. The predicted octanol–water partition coefficient (Wildman–Crippen LogP) is 4.45. The maximum Gasteiger partial charge on any atom is 0.417 e. The van der Waals surface area contributed by atoms with Gasteiger partial charge in [-0.25, -0.2) is 4.79 Å². The van der Waals surface area contributed by atoms with Crippen LogP contribution in [0.4, 0.5) is 13.2 Å². The number of benzene rings is 1.